The monoisotopic (exact) mass is 270 g/mol. The van der Waals surface area contributed by atoms with Crippen molar-refractivity contribution in [1.82, 2.24) is 4.31 Å². The average Bonchev–Trinajstić information content (AvgIpc) is 2.28. The van der Waals surface area contributed by atoms with Gasteiger partial charge in [0.15, 0.2) is 0 Å². The lowest BCUT2D eigenvalue weighted by Gasteiger charge is -2.40. The number of anilines is 1. The lowest BCUT2D eigenvalue weighted by molar-refractivity contribution is -0.00770. The summed E-state index contributed by atoms with van der Waals surface area (Å²) in [6, 6.07) is 6.37. The van der Waals surface area contributed by atoms with E-state index in [0.29, 0.717) is 25.4 Å². The standard InChI is InChI=1S/C12H18N2O3S/c1-12(2)9-17-7-6-14(12)18(15,16)11-5-3-4-10(13)8-11/h3-5,8H,6-7,9,13H2,1-2H3. The summed E-state index contributed by atoms with van der Waals surface area (Å²) in [6.07, 6.45) is 0. The first-order valence-electron chi connectivity index (χ1n) is 5.80. The molecule has 100 valence electrons. The zero-order chi connectivity index (χ0) is 13.4. The Kier molecular flexibility index (Phi) is 3.35. The van der Waals surface area contributed by atoms with Crippen LogP contribution in [0.4, 0.5) is 5.69 Å². The molecule has 2 N–H and O–H groups in total. The van der Waals surface area contributed by atoms with Crippen LogP contribution in [-0.4, -0.2) is 38.0 Å². The van der Waals surface area contributed by atoms with Gasteiger partial charge < -0.3 is 10.5 Å². The minimum atomic E-state index is -3.52. The third-order valence-corrected chi connectivity index (χ3v) is 5.12. The van der Waals surface area contributed by atoms with Crippen LogP contribution in [0.1, 0.15) is 13.8 Å². The second kappa shape index (κ2) is 4.53. The fraction of sp³-hybridized carbons (Fsp3) is 0.500. The Hall–Kier alpha value is -1.11. The van der Waals surface area contributed by atoms with Crippen LogP contribution in [0.2, 0.25) is 0 Å². The number of hydrogen-bond donors (Lipinski definition) is 1. The molecule has 0 atom stereocenters. The van der Waals surface area contributed by atoms with Crippen molar-refractivity contribution in [2.45, 2.75) is 24.3 Å². The van der Waals surface area contributed by atoms with E-state index in [9.17, 15) is 8.42 Å². The van der Waals surface area contributed by atoms with Gasteiger partial charge in [-0.2, -0.15) is 4.31 Å². The summed E-state index contributed by atoms with van der Waals surface area (Å²) in [6.45, 7) is 4.90. The Bertz CT molecular complexity index is 540. The minimum Gasteiger partial charge on any atom is -0.399 e. The number of nitrogen functional groups attached to an aromatic ring is 1. The summed E-state index contributed by atoms with van der Waals surface area (Å²) in [5.41, 5.74) is 5.55. The molecule has 6 heteroatoms. The minimum absolute atomic E-state index is 0.234. The predicted octanol–water partition coefficient (Wildman–Crippen LogP) is 1.07. The molecule has 0 spiro atoms. The van der Waals surface area contributed by atoms with Crippen molar-refractivity contribution < 1.29 is 13.2 Å². The number of sulfonamides is 1. The maximum absolute atomic E-state index is 12.6. The zero-order valence-electron chi connectivity index (χ0n) is 10.6. The Morgan fingerprint density at radius 3 is 2.72 bits per heavy atom. The van der Waals surface area contributed by atoms with Crippen LogP contribution in [-0.2, 0) is 14.8 Å². The van der Waals surface area contributed by atoms with Crippen LogP contribution in [0.5, 0.6) is 0 Å². The van der Waals surface area contributed by atoms with Crippen molar-refractivity contribution in [3.05, 3.63) is 24.3 Å². The first-order chi connectivity index (χ1) is 8.34. The summed E-state index contributed by atoms with van der Waals surface area (Å²) >= 11 is 0. The Morgan fingerprint density at radius 2 is 2.11 bits per heavy atom. The SMILES string of the molecule is CC1(C)COCCN1S(=O)(=O)c1cccc(N)c1. The molecular formula is C12H18N2O3S. The summed E-state index contributed by atoms with van der Waals surface area (Å²) in [4.78, 5) is 0.234. The van der Waals surface area contributed by atoms with Crippen molar-refractivity contribution >= 4 is 15.7 Å². The number of nitrogens with two attached hydrogens (primary N) is 1. The van der Waals surface area contributed by atoms with Crippen molar-refractivity contribution in [3.8, 4) is 0 Å². The van der Waals surface area contributed by atoms with Crippen LogP contribution in [0, 0.1) is 0 Å². The van der Waals surface area contributed by atoms with Crippen molar-refractivity contribution in [2.75, 3.05) is 25.5 Å². The van der Waals surface area contributed by atoms with Crippen molar-refractivity contribution in [3.63, 3.8) is 0 Å². The van der Waals surface area contributed by atoms with Crippen molar-refractivity contribution in [2.24, 2.45) is 0 Å². The molecule has 1 aliphatic heterocycles. The molecular weight excluding hydrogens is 252 g/mol. The number of morpholine rings is 1. The number of nitrogens with zero attached hydrogens (tertiary/aromatic N) is 1. The lowest BCUT2D eigenvalue weighted by atomic mass is 10.1. The molecule has 18 heavy (non-hydrogen) atoms. The molecule has 1 saturated heterocycles. The van der Waals surface area contributed by atoms with Crippen LogP contribution < -0.4 is 5.73 Å². The third kappa shape index (κ3) is 2.36. The second-order valence-corrected chi connectivity index (χ2v) is 6.88. The normalized spacial score (nSPS) is 20.8. The van der Waals surface area contributed by atoms with E-state index in [1.807, 2.05) is 13.8 Å². The Morgan fingerprint density at radius 1 is 1.39 bits per heavy atom. The van der Waals surface area contributed by atoms with E-state index in [1.54, 1.807) is 18.2 Å². The molecule has 0 bridgehead atoms. The van der Waals surface area contributed by atoms with Gasteiger partial charge in [-0.3, -0.25) is 0 Å². The number of ether oxygens (including phenoxy) is 1. The van der Waals surface area contributed by atoms with Gasteiger partial charge in [0, 0.05) is 12.2 Å². The number of hydrogen-bond acceptors (Lipinski definition) is 4. The molecule has 1 fully saturated rings. The fourth-order valence-corrected chi connectivity index (χ4v) is 3.90. The van der Waals surface area contributed by atoms with Crippen LogP contribution >= 0.6 is 0 Å². The van der Waals surface area contributed by atoms with Gasteiger partial charge in [-0.15, -0.1) is 0 Å². The summed E-state index contributed by atoms with van der Waals surface area (Å²) in [5.74, 6) is 0. The Balaban J connectivity index is 2.42. The molecule has 5 nitrogen and oxygen atoms in total. The van der Waals surface area contributed by atoms with Crippen LogP contribution in [0.15, 0.2) is 29.2 Å². The van der Waals surface area contributed by atoms with Gasteiger partial charge >= 0.3 is 0 Å². The first kappa shape index (κ1) is 13.3. The zero-order valence-corrected chi connectivity index (χ0v) is 11.4. The summed E-state index contributed by atoms with van der Waals surface area (Å²) in [5, 5.41) is 0. The van der Waals surface area contributed by atoms with Gasteiger partial charge in [-0.1, -0.05) is 6.07 Å². The summed E-state index contributed by atoms with van der Waals surface area (Å²) < 4.78 is 32.0. The molecule has 1 aromatic carbocycles. The molecule has 2 rings (SSSR count). The van der Waals surface area contributed by atoms with Gasteiger partial charge in [0.05, 0.1) is 23.6 Å². The second-order valence-electron chi connectivity index (χ2n) is 5.01. The highest BCUT2D eigenvalue weighted by Gasteiger charge is 2.39. The topological polar surface area (TPSA) is 72.6 Å². The average molecular weight is 270 g/mol. The lowest BCUT2D eigenvalue weighted by Crippen LogP contribution is -2.55. The van der Waals surface area contributed by atoms with Gasteiger partial charge in [0.1, 0.15) is 0 Å². The highest BCUT2D eigenvalue weighted by molar-refractivity contribution is 7.89. The molecule has 0 aromatic heterocycles. The van der Waals surface area contributed by atoms with E-state index in [2.05, 4.69) is 0 Å². The van der Waals surface area contributed by atoms with E-state index >= 15 is 0 Å². The molecule has 1 aliphatic rings. The quantitative estimate of drug-likeness (QED) is 0.816. The molecule has 0 radical (unpaired) electrons. The fourth-order valence-electron chi connectivity index (χ4n) is 2.09. The third-order valence-electron chi connectivity index (χ3n) is 3.02. The smallest absolute Gasteiger partial charge is 0.243 e. The molecule has 1 aromatic rings. The van der Waals surface area contributed by atoms with E-state index in [4.69, 9.17) is 10.5 Å². The molecule has 0 aliphatic carbocycles. The van der Waals surface area contributed by atoms with Gasteiger partial charge in [-0.25, -0.2) is 8.42 Å². The maximum atomic E-state index is 12.6. The first-order valence-corrected chi connectivity index (χ1v) is 7.24. The maximum Gasteiger partial charge on any atom is 0.243 e. The Labute approximate surface area is 108 Å². The molecule has 1 heterocycles. The van der Waals surface area contributed by atoms with E-state index in [0.717, 1.165) is 0 Å². The van der Waals surface area contributed by atoms with Crippen LogP contribution in [0.3, 0.4) is 0 Å². The highest BCUT2D eigenvalue weighted by atomic mass is 32.2. The number of rotatable bonds is 2. The van der Waals surface area contributed by atoms with E-state index < -0.39 is 15.6 Å². The molecule has 0 saturated carbocycles. The number of benzene rings is 1. The molecule has 0 amide bonds. The van der Waals surface area contributed by atoms with E-state index in [1.165, 1.54) is 10.4 Å². The highest BCUT2D eigenvalue weighted by Crippen LogP contribution is 2.27. The van der Waals surface area contributed by atoms with E-state index in [-0.39, 0.29) is 4.90 Å². The largest absolute Gasteiger partial charge is 0.399 e. The summed E-state index contributed by atoms with van der Waals surface area (Å²) in [7, 11) is -3.52. The van der Waals surface area contributed by atoms with Crippen molar-refractivity contribution in [1.29, 1.82) is 0 Å². The molecule has 0 unspecified atom stereocenters. The predicted molar refractivity (Wildman–Crippen MR) is 69.6 cm³/mol. The van der Waals surface area contributed by atoms with Gasteiger partial charge in [-0.05, 0) is 32.0 Å². The van der Waals surface area contributed by atoms with Crippen LogP contribution in [0.25, 0.3) is 0 Å². The van der Waals surface area contributed by atoms with Gasteiger partial charge in [0.25, 0.3) is 0 Å². The van der Waals surface area contributed by atoms with Gasteiger partial charge in [0.2, 0.25) is 10.0 Å².